The first-order valence-corrected chi connectivity index (χ1v) is 8.55. The van der Waals surface area contributed by atoms with Crippen LogP contribution in [0.3, 0.4) is 0 Å². The van der Waals surface area contributed by atoms with E-state index < -0.39 is 11.9 Å². The zero-order chi connectivity index (χ0) is 19.4. The summed E-state index contributed by atoms with van der Waals surface area (Å²) >= 11 is 0. The van der Waals surface area contributed by atoms with E-state index in [1.54, 1.807) is 18.7 Å². The number of carbonyl (C=O) groups is 2. The summed E-state index contributed by atoms with van der Waals surface area (Å²) in [6.07, 6.45) is 0. The number of esters is 1. The zero-order valence-electron chi connectivity index (χ0n) is 15.5. The van der Waals surface area contributed by atoms with Gasteiger partial charge in [0.1, 0.15) is 0 Å². The second-order valence-electron chi connectivity index (χ2n) is 6.17. The lowest BCUT2D eigenvalue weighted by atomic mass is 9.90. The predicted molar refractivity (Wildman–Crippen MR) is 103 cm³/mol. The van der Waals surface area contributed by atoms with Gasteiger partial charge in [0.15, 0.2) is 5.69 Å². The van der Waals surface area contributed by atoms with Crippen LogP contribution in [-0.2, 0) is 16.6 Å². The van der Waals surface area contributed by atoms with Crippen LogP contribution < -0.4 is 5.32 Å². The molecular formula is C21H21N3O3. The molecule has 1 heterocycles. The molecule has 0 radical (unpaired) electrons. The molecule has 1 aromatic heterocycles. The van der Waals surface area contributed by atoms with Crippen LogP contribution >= 0.6 is 0 Å². The summed E-state index contributed by atoms with van der Waals surface area (Å²) in [4.78, 5) is 25.3. The maximum atomic E-state index is 13.2. The van der Waals surface area contributed by atoms with Gasteiger partial charge in [0.05, 0.1) is 24.4 Å². The Bertz CT molecular complexity index is 910. The molecule has 0 aliphatic heterocycles. The fraction of sp³-hybridized carbons (Fsp3) is 0.190. The summed E-state index contributed by atoms with van der Waals surface area (Å²) in [5.74, 6) is -1.35. The monoisotopic (exact) mass is 363 g/mol. The number of aromatic nitrogens is 2. The number of hydrogen-bond donors (Lipinski definition) is 1. The van der Waals surface area contributed by atoms with Crippen molar-refractivity contribution in [2.75, 3.05) is 12.4 Å². The number of carbonyl (C=O) groups excluding carboxylic acids is 2. The molecule has 0 spiro atoms. The number of amides is 1. The van der Waals surface area contributed by atoms with Crippen molar-refractivity contribution in [2.24, 2.45) is 7.05 Å². The van der Waals surface area contributed by atoms with Gasteiger partial charge in [-0.1, -0.05) is 60.7 Å². The number of benzene rings is 2. The fourth-order valence-electron chi connectivity index (χ4n) is 2.98. The zero-order valence-corrected chi connectivity index (χ0v) is 15.5. The van der Waals surface area contributed by atoms with Crippen LogP contribution in [0, 0.1) is 6.92 Å². The molecule has 6 nitrogen and oxygen atoms in total. The molecule has 1 N–H and O–H groups in total. The minimum absolute atomic E-state index is 0.0886. The standard InChI is InChI=1S/C21H21N3O3/c1-14-18(19(21(26)27-3)23-24(14)2)22-20(25)17(15-10-6-4-7-11-15)16-12-8-5-9-13-16/h4-13,17H,1-3H3,(H,22,25). The van der Waals surface area contributed by atoms with E-state index in [0.717, 1.165) is 11.1 Å². The molecule has 0 saturated carbocycles. The number of nitrogens with zero attached hydrogens (tertiary/aromatic N) is 2. The van der Waals surface area contributed by atoms with Gasteiger partial charge in [0, 0.05) is 7.05 Å². The van der Waals surface area contributed by atoms with Crippen molar-refractivity contribution in [1.82, 2.24) is 9.78 Å². The number of methoxy groups -OCH3 is 1. The van der Waals surface area contributed by atoms with E-state index in [4.69, 9.17) is 4.74 Å². The lowest BCUT2D eigenvalue weighted by Crippen LogP contribution is -2.23. The normalized spacial score (nSPS) is 10.7. The molecule has 1 amide bonds. The molecule has 3 aromatic rings. The Morgan fingerprint density at radius 1 is 1.00 bits per heavy atom. The van der Waals surface area contributed by atoms with Crippen molar-refractivity contribution in [3.05, 3.63) is 83.2 Å². The van der Waals surface area contributed by atoms with Crippen molar-refractivity contribution >= 4 is 17.6 Å². The highest BCUT2D eigenvalue weighted by molar-refractivity contribution is 6.03. The van der Waals surface area contributed by atoms with Crippen molar-refractivity contribution in [1.29, 1.82) is 0 Å². The van der Waals surface area contributed by atoms with Gasteiger partial charge in [-0.3, -0.25) is 9.48 Å². The second kappa shape index (κ2) is 7.86. The topological polar surface area (TPSA) is 73.2 Å². The summed E-state index contributed by atoms with van der Waals surface area (Å²) in [7, 11) is 3.00. The summed E-state index contributed by atoms with van der Waals surface area (Å²) in [5.41, 5.74) is 2.85. The minimum atomic E-state index is -0.593. The lowest BCUT2D eigenvalue weighted by molar-refractivity contribution is -0.116. The number of aryl methyl sites for hydroxylation is 1. The Balaban J connectivity index is 2.01. The van der Waals surface area contributed by atoms with Crippen molar-refractivity contribution in [3.8, 4) is 0 Å². The van der Waals surface area contributed by atoms with Crippen LogP contribution in [0.15, 0.2) is 60.7 Å². The third-order valence-corrected chi connectivity index (χ3v) is 4.49. The van der Waals surface area contributed by atoms with Gasteiger partial charge < -0.3 is 10.1 Å². The fourth-order valence-corrected chi connectivity index (χ4v) is 2.98. The Kier molecular flexibility index (Phi) is 5.35. The average Bonchev–Trinajstić information content (AvgIpc) is 2.97. The molecule has 138 valence electrons. The Labute approximate surface area is 157 Å². The average molecular weight is 363 g/mol. The number of rotatable bonds is 5. The van der Waals surface area contributed by atoms with E-state index in [1.165, 1.54) is 7.11 Å². The van der Waals surface area contributed by atoms with Gasteiger partial charge >= 0.3 is 5.97 Å². The smallest absolute Gasteiger partial charge is 0.360 e. The van der Waals surface area contributed by atoms with Gasteiger partial charge in [0.25, 0.3) is 0 Å². The van der Waals surface area contributed by atoms with Crippen molar-refractivity contribution in [2.45, 2.75) is 12.8 Å². The molecule has 0 unspecified atom stereocenters. The number of hydrogen-bond acceptors (Lipinski definition) is 4. The van der Waals surface area contributed by atoms with Crippen LogP contribution in [-0.4, -0.2) is 28.8 Å². The molecule has 0 atom stereocenters. The van der Waals surface area contributed by atoms with Crippen LogP contribution in [0.25, 0.3) is 0 Å². The van der Waals surface area contributed by atoms with Gasteiger partial charge in [0.2, 0.25) is 5.91 Å². The lowest BCUT2D eigenvalue weighted by Gasteiger charge is -2.18. The third-order valence-electron chi connectivity index (χ3n) is 4.49. The second-order valence-corrected chi connectivity index (χ2v) is 6.17. The van der Waals surface area contributed by atoms with E-state index in [1.807, 2.05) is 60.7 Å². The van der Waals surface area contributed by atoms with Crippen LogP contribution in [0.4, 0.5) is 5.69 Å². The summed E-state index contributed by atoms with van der Waals surface area (Å²) in [6, 6.07) is 19.0. The molecule has 0 saturated heterocycles. The summed E-state index contributed by atoms with van der Waals surface area (Å²) < 4.78 is 6.33. The first-order chi connectivity index (χ1) is 13.0. The largest absolute Gasteiger partial charge is 0.464 e. The first-order valence-electron chi connectivity index (χ1n) is 8.55. The summed E-state index contributed by atoms with van der Waals surface area (Å²) in [5, 5.41) is 7.06. The SMILES string of the molecule is COC(=O)c1nn(C)c(C)c1NC(=O)C(c1ccccc1)c1ccccc1. The molecule has 0 aliphatic carbocycles. The number of anilines is 1. The highest BCUT2D eigenvalue weighted by atomic mass is 16.5. The summed E-state index contributed by atoms with van der Waals surface area (Å²) in [6.45, 7) is 1.79. The third kappa shape index (κ3) is 3.74. The van der Waals surface area contributed by atoms with E-state index in [-0.39, 0.29) is 11.6 Å². The maximum Gasteiger partial charge on any atom is 0.360 e. The van der Waals surface area contributed by atoms with Gasteiger partial charge in [-0.2, -0.15) is 5.10 Å². The molecule has 3 rings (SSSR count). The van der Waals surface area contributed by atoms with Crippen molar-refractivity contribution < 1.29 is 14.3 Å². The minimum Gasteiger partial charge on any atom is -0.464 e. The quantitative estimate of drug-likeness (QED) is 0.706. The van der Waals surface area contributed by atoms with Crippen LogP contribution in [0.2, 0.25) is 0 Å². The highest BCUT2D eigenvalue weighted by Crippen LogP contribution is 2.28. The van der Waals surface area contributed by atoms with Gasteiger partial charge in [-0.05, 0) is 18.1 Å². The van der Waals surface area contributed by atoms with E-state index in [9.17, 15) is 9.59 Å². The molecule has 6 heteroatoms. The molecular weight excluding hydrogens is 342 g/mol. The van der Waals surface area contributed by atoms with E-state index >= 15 is 0 Å². The first kappa shape index (κ1) is 18.4. The molecule has 0 aliphatic rings. The van der Waals surface area contributed by atoms with Crippen molar-refractivity contribution in [3.63, 3.8) is 0 Å². The van der Waals surface area contributed by atoms with E-state index in [2.05, 4.69) is 10.4 Å². The maximum absolute atomic E-state index is 13.2. The Morgan fingerprint density at radius 3 is 2.00 bits per heavy atom. The molecule has 27 heavy (non-hydrogen) atoms. The Morgan fingerprint density at radius 2 is 1.52 bits per heavy atom. The van der Waals surface area contributed by atoms with Gasteiger partial charge in [-0.15, -0.1) is 0 Å². The molecule has 0 bridgehead atoms. The Hall–Kier alpha value is -3.41. The highest BCUT2D eigenvalue weighted by Gasteiger charge is 2.27. The number of ether oxygens (including phenoxy) is 1. The van der Waals surface area contributed by atoms with Gasteiger partial charge in [-0.25, -0.2) is 4.79 Å². The van der Waals surface area contributed by atoms with E-state index in [0.29, 0.717) is 11.4 Å². The molecule has 0 fully saturated rings. The number of nitrogens with one attached hydrogen (secondary N) is 1. The van der Waals surface area contributed by atoms with Crippen LogP contribution in [0.1, 0.15) is 33.2 Å². The van der Waals surface area contributed by atoms with Crippen LogP contribution in [0.5, 0.6) is 0 Å². The molecule has 2 aromatic carbocycles. The predicted octanol–water partition coefficient (Wildman–Crippen LogP) is 3.29.